The van der Waals surface area contributed by atoms with Gasteiger partial charge in [0, 0.05) is 7.11 Å². The molecule has 0 spiro atoms. The highest BCUT2D eigenvalue weighted by Gasteiger charge is 2.06. The molecule has 0 saturated heterocycles. The zero-order valence-electron chi connectivity index (χ0n) is 9.70. The van der Waals surface area contributed by atoms with Gasteiger partial charge < -0.3 is 10.5 Å². The van der Waals surface area contributed by atoms with Gasteiger partial charge >= 0.3 is 0 Å². The largest absolute Gasteiger partial charge is 0.384 e. The molecule has 1 aromatic rings. The van der Waals surface area contributed by atoms with Crippen molar-refractivity contribution < 1.29 is 4.74 Å². The molecular formula is C13H21NO. The summed E-state index contributed by atoms with van der Waals surface area (Å²) in [5.74, 6) is 0.433. The van der Waals surface area contributed by atoms with Crippen LogP contribution in [0.3, 0.4) is 0 Å². The molecule has 0 fully saturated rings. The van der Waals surface area contributed by atoms with Gasteiger partial charge in [-0.1, -0.05) is 31.2 Å². The molecule has 1 unspecified atom stereocenters. The predicted molar refractivity (Wildman–Crippen MR) is 63.9 cm³/mol. The molecule has 2 heteroatoms. The van der Waals surface area contributed by atoms with E-state index in [4.69, 9.17) is 10.5 Å². The van der Waals surface area contributed by atoms with Crippen molar-refractivity contribution in [2.45, 2.75) is 19.8 Å². The quantitative estimate of drug-likeness (QED) is 0.774. The lowest BCUT2D eigenvalue weighted by Crippen LogP contribution is -2.21. The second-order valence-electron chi connectivity index (χ2n) is 3.93. The van der Waals surface area contributed by atoms with Crippen molar-refractivity contribution in [2.75, 3.05) is 20.3 Å². The Morgan fingerprint density at radius 3 is 2.27 bits per heavy atom. The molecule has 0 heterocycles. The number of hydrogen-bond acceptors (Lipinski definition) is 2. The SMILES string of the molecule is CCc1ccc(CC(CN)COC)cc1. The van der Waals surface area contributed by atoms with Crippen LogP contribution in [-0.4, -0.2) is 20.3 Å². The molecule has 1 rings (SSSR count). The maximum Gasteiger partial charge on any atom is 0.0505 e. The normalized spacial score (nSPS) is 12.7. The Morgan fingerprint density at radius 2 is 1.80 bits per heavy atom. The fourth-order valence-electron chi connectivity index (χ4n) is 1.69. The van der Waals surface area contributed by atoms with Gasteiger partial charge in [0.2, 0.25) is 0 Å². The van der Waals surface area contributed by atoms with E-state index in [0.29, 0.717) is 12.5 Å². The third-order valence-corrected chi connectivity index (χ3v) is 2.69. The number of ether oxygens (including phenoxy) is 1. The fraction of sp³-hybridized carbons (Fsp3) is 0.538. The van der Waals surface area contributed by atoms with Crippen LogP contribution in [0.2, 0.25) is 0 Å². The highest BCUT2D eigenvalue weighted by molar-refractivity contribution is 5.22. The molecule has 0 aliphatic heterocycles. The van der Waals surface area contributed by atoms with E-state index in [-0.39, 0.29) is 0 Å². The van der Waals surface area contributed by atoms with Crippen molar-refractivity contribution >= 4 is 0 Å². The van der Waals surface area contributed by atoms with Gasteiger partial charge in [0.25, 0.3) is 0 Å². The second-order valence-corrected chi connectivity index (χ2v) is 3.93. The monoisotopic (exact) mass is 207 g/mol. The van der Waals surface area contributed by atoms with Crippen LogP contribution >= 0.6 is 0 Å². The van der Waals surface area contributed by atoms with Crippen molar-refractivity contribution in [3.05, 3.63) is 35.4 Å². The summed E-state index contributed by atoms with van der Waals surface area (Å²) < 4.78 is 5.13. The molecule has 1 aromatic carbocycles. The summed E-state index contributed by atoms with van der Waals surface area (Å²) in [5, 5.41) is 0. The van der Waals surface area contributed by atoms with Crippen molar-refractivity contribution in [1.82, 2.24) is 0 Å². The summed E-state index contributed by atoms with van der Waals surface area (Å²) in [6.07, 6.45) is 2.10. The van der Waals surface area contributed by atoms with Crippen molar-refractivity contribution in [1.29, 1.82) is 0 Å². The molecule has 84 valence electrons. The molecule has 0 aliphatic carbocycles. The Labute approximate surface area is 92.4 Å². The molecule has 0 radical (unpaired) electrons. The van der Waals surface area contributed by atoms with Gasteiger partial charge in [0.15, 0.2) is 0 Å². The topological polar surface area (TPSA) is 35.2 Å². The van der Waals surface area contributed by atoms with Crippen molar-refractivity contribution in [2.24, 2.45) is 11.7 Å². The van der Waals surface area contributed by atoms with Gasteiger partial charge in [-0.05, 0) is 36.4 Å². The van der Waals surface area contributed by atoms with Gasteiger partial charge in [0.1, 0.15) is 0 Å². The summed E-state index contributed by atoms with van der Waals surface area (Å²) in [6, 6.07) is 8.76. The lowest BCUT2D eigenvalue weighted by atomic mass is 9.99. The van der Waals surface area contributed by atoms with Gasteiger partial charge in [-0.2, -0.15) is 0 Å². The molecule has 2 nitrogen and oxygen atoms in total. The molecule has 15 heavy (non-hydrogen) atoms. The van der Waals surface area contributed by atoms with Crippen LogP contribution in [0.5, 0.6) is 0 Å². The second kappa shape index (κ2) is 6.59. The Morgan fingerprint density at radius 1 is 1.20 bits per heavy atom. The summed E-state index contributed by atoms with van der Waals surface area (Å²) >= 11 is 0. The van der Waals surface area contributed by atoms with Crippen LogP contribution in [0.15, 0.2) is 24.3 Å². The van der Waals surface area contributed by atoms with Gasteiger partial charge in [-0.15, -0.1) is 0 Å². The minimum absolute atomic E-state index is 0.433. The molecule has 0 aliphatic rings. The summed E-state index contributed by atoms with van der Waals surface area (Å²) in [7, 11) is 1.73. The van der Waals surface area contributed by atoms with E-state index >= 15 is 0 Å². The summed E-state index contributed by atoms with van der Waals surface area (Å²) in [4.78, 5) is 0. The first-order valence-electron chi connectivity index (χ1n) is 5.57. The molecule has 0 amide bonds. The number of benzene rings is 1. The number of hydrogen-bond donors (Lipinski definition) is 1. The molecule has 0 bridgehead atoms. The zero-order valence-corrected chi connectivity index (χ0v) is 9.70. The van der Waals surface area contributed by atoms with E-state index in [1.807, 2.05) is 0 Å². The van der Waals surface area contributed by atoms with Crippen molar-refractivity contribution in [3.8, 4) is 0 Å². The summed E-state index contributed by atoms with van der Waals surface area (Å²) in [6.45, 7) is 3.60. The van der Waals surface area contributed by atoms with E-state index in [0.717, 1.165) is 19.4 Å². The Kier molecular flexibility index (Phi) is 5.37. The van der Waals surface area contributed by atoms with E-state index < -0.39 is 0 Å². The zero-order chi connectivity index (χ0) is 11.1. The lowest BCUT2D eigenvalue weighted by Gasteiger charge is -2.13. The van der Waals surface area contributed by atoms with Gasteiger partial charge in [-0.3, -0.25) is 0 Å². The van der Waals surface area contributed by atoms with Crippen LogP contribution in [0.4, 0.5) is 0 Å². The molecular weight excluding hydrogens is 186 g/mol. The number of nitrogens with two attached hydrogens (primary N) is 1. The van der Waals surface area contributed by atoms with Gasteiger partial charge in [0.05, 0.1) is 6.61 Å². The van der Waals surface area contributed by atoms with Crippen LogP contribution in [0.25, 0.3) is 0 Å². The number of methoxy groups -OCH3 is 1. The Balaban J connectivity index is 2.55. The summed E-state index contributed by atoms with van der Waals surface area (Å²) in [5.41, 5.74) is 8.41. The van der Waals surface area contributed by atoms with Crippen LogP contribution in [-0.2, 0) is 17.6 Å². The van der Waals surface area contributed by atoms with Gasteiger partial charge in [-0.25, -0.2) is 0 Å². The highest BCUT2D eigenvalue weighted by Crippen LogP contribution is 2.10. The molecule has 2 N–H and O–H groups in total. The first-order valence-corrected chi connectivity index (χ1v) is 5.57. The average Bonchev–Trinajstić information content (AvgIpc) is 2.29. The van der Waals surface area contributed by atoms with E-state index in [1.165, 1.54) is 11.1 Å². The molecule has 1 atom stereocenters. The minimum Gasteiger partial charge on any atom is -0.384 e. The van der Waals surface area contributed by atoms with E-state index in [9.17, 15) is 0 Å². The molecule has 0 aromatic heterocycles. The first kappa shape index (κ1) is 12.2. The van der Waals surface area contributed by atoms with Crippen molar-refractivity contribution in [3.63, 3.8) is 0 Å². The Hall–Kier alpha value is -0.860. The van der Waals surface area contributed by atoms with Crippen LogP contribution < -0.4 is 5.73 Å². The highest BCUT2D eigenvalue weighted by atomic mass is 16.5. The lowest BCUT2D eigenvalue weighted by molar-refractivity contribution is 0.155. The van der Waals surface area contributed by atoms with Crippen LogP contribution in [0, 0.1) is 5.92 Å². The maximum atomic E-state index is 5.68. The number of rotatable bonds is 6. The predicted octanol–water partition coefficient (Wildman–Crippen LogP) is 2.01. The maximum absolute atomic E-state index is 5.68. The number of aryl methyl sites for hydroxylation is 1. The third kappa shape index (κ3) is 4.02. The van der Waals surface area contributed by atoms with Crippen LogP contribution in [0.1, 0.15) is 18.1 Å². The molecule has 0 saturated carbocycles. The minimum atomic E-state index is 0.433. The van der Waals surface area contributed by atoms with E-state index in [1.54, 1.807) is 7.11 Å². The average molecular weight is 207 g/mol. The fourth-order valence-corrected chi connectivity index (χ4v) is 1.69. The van der Waals surface area contributed by atoms with E-state index in [2.05, 4.69) is 31.2 Å². The standard InChI is InChI=1S/C13H21NO/c1-3-11-4-6-12(7-5-11)8-13(9-14)10-15-2/h4-7,13H,3,8-10,14H2,1-2H3. The smallest absolute Gasteiger partial charge is 0.0505 e. The Bertz CT molecular complexity index is 268. The third-order valence-electron chi connectivity index (χ3n) is 2.69. The first-order chi connectivity index (χ1) is 7.30.